The van der Waals surface area contributed by atoms with Gasteiger partial charge in [-0.2, -0.15) is 0 Å². The van der Waals surface area contributed by atoms with E-state index in [1.54, 1.807) is 23.4 Å². The van der Waals surface area contributed by atoms with Crippen LogP contribution in [0.15, 0.2) is 60.9 Å². The molecule has 7 nitrogen and oxygen atoms in total. The molecule has 0 radical (unpaired) electrons. The van der Waals surface area contributed by atoms with E-state index in [-0.39, 0.29) is 18.3 Å². The van der Waals surface area contributed by atoms with E-state index >= 15 is 0 Å². The molecule has 2 aromatic carbocycles. The van der Waals surface area contributed by atoms with Crippen LogP contribution in [0.1, 0.15) is 42.5 Å². The Kier molecular flexibility index (Phi) is 6.40. The second-order valence-electron chi connectivity index (χ2n) is 8.91. The van der Waals surface area contributed by atoms with Crippen LogP contribution >= 0.6 is 0 Å². The van der Waals surface area contributed by atoms with Crippen LogP contribution in [-0.4, -0.2) is 45.5 Å². The number of carbonyl (C=O) groups excluding carboxylic acids is 2. The lowest BCUT2D eigenvalue weighted by molar-refractivity contribution is -0.153. The molecule has 2 heterocycles. The Balaban J connectivity index is 1.52. The van der Waals surface area contributed by atoms with Crippen molar-refractivity contribution in [2.24, 2.45) is 0 Å². The van der Waals surface area contributed by atoms with Gasteiger partial charge in [0.05, 0.1) is 25.1 Å². The maximum atomic E-state index is 13.3. The summed E-state index contributed by atoms with van der Waals surface area (Å²) in [5, 5.41) is 0. The molecule has 170 valence electrons. The minimum Gasteiger partial charge on any atom is -0.491 e. The predicted octanol–water partition coefficient (Wildman–Crippen LogP) is 4.06. The number of hydrogen-bond donors (Lipinski definition) is 0. The van der Waals surface area contributed by atoms with Crippen molar-refractivity contribution >= 4 is 11.9 Å². The molecule has 1 amide bonds. The zero-order chi connectivity index (χ0) is 23.4. The molecule has 0 saturated heterocycles. The molecule has 0 unspecified atom stereocenters. The van der Waals surface area contributed by atoms with Gasteiger partial charge in [0, 0.05) is 12.4 Å². The SMILES string of the molecule is CC(C)(C)OC(=O)Cc1ccc(-c2ccc3c(c2)C(=O)N(Cc2ncccn2)CCO3)cc1. The first-order valence-electron chi connectivity index (χ1n) is 10.9. The normalized spacial score (nSPS) is 13.7. The van der Waals surface area contributed by atoms with Gasteiger partial charge in [0.2, 0.25) is 0 Å². The fourth-order valence-corrected chi connectivity index (χ4v) is 3.63. The second kappa shape index (κ2) is 9.40. The Bertz CT molecular complexity index is 1140. The number of rotatable bonds is 5. The molecule has 0 bridgehead atoms. The highest BCUT2D eigenvalue weighted by Crippen LogP contribution is 2.30. The van der Waals surface area contributed by atoms with Crippen molar-refractivity contribution in [3.63, 3.8) is 0 Å². The summed E-state index contributed by atoms with van der Waals surface area (Å²) in [7, 11) is 0. The van der Waals surface area contributed by atoms with Gasteiger partial charge < -0.3 is 14.4 Å². The summed E-state index contributed by atoms with van der Waals surface area (Å²) < 4.78 is 11.2. The molecule has 3 aromatic rings. The van der Waals surface area contributed by atoms with E-state index in [0.717, 1.165) is 16.7 Å². The molecule has 4 rings (SSSR count). The van der Waals surface area contributed by atoms with Crippen LogP contribution in [0, 0.1) is 0 Å². The number of amides is 1. The van der Waals surface area contributed by atoms with Crippen LogP contribution in [0.5, 0.6) is 5.75 Å². The summed E-state index contributed by atoms with van der Waals surface area (Å²) in [6.07, 6.45) is 3.55. The van der Waals surface area contributed by atoms with E-state index in [0.29, 0.717) is 36.8 Å². The third-order valence-electron chi connectivity index (χ3n) is 5.12. The maximum Gasteiger partial charge on any atom is 0.310 e. The first kappa shape index (κ1) is 22.5. The second-order valence-corrected chi connectivity index (χ2v) is 8.91. The van der Waals surface area contributed by atoms with Gasteiger partial charge in [-0.1, -0.05) is 30.3 Å². The molecule has 7 heteroatoms. The van der Waals surface area contributed by atoms with Gasteiger partial charge in [-0.25, -0.2) is 9.97 Å². The highest BCUT2D eigenvalue weighted by Gasteiger charge is 2.25. The number of benzene rings is 2. The smallest absolute Gasteiger partial charge is 0.310 e. The van der Waals surface area contributed by atoms with Crippen molar-refractivity contribution in [1.29, 1.82) is 0 Å². The number of esters is 1. The topological polar surface area (TPSA) is 81.6 Å². The van der Waals surface area contributed by atoms with E-state index in [1.165, 1.54) is 0 Å². The summed E-state index contributed by atoms with van der Waals surface area (Å²) in [5.41, 5.74) is 2.72. The summed E-state index contributed by atoms with van der Waals surface area (Å²) in [4.78, 5) is 35.5. The monoisotopic (exact) mass is 445 g/mol. The predicted molar refractivity (Wildman–Crippen MR) is 124 cm³/mol. The minimum absolute atomic E-state index is 0.113. The average Bonchev–Trinajstić information content (AvgIpc) is 2.92. The zero-order valence-electron chi connectivity index (χ0n) is 19.1. The quantitative estimate of drug-likeness (QED) is 0.551. The highest BCUT2D eigenvalue weighted by atomic mass is 16.6. The number of carbonyl (C=O) groups is 2. The van der Waals surface area contributed by atoms with Crippen LogP contribution in [0.4, 0.5) is 0 Å². The van der Waals surface area contributed by atoms with E-state index in [9.17, 15) is 9.59 Å². The van der Waals surface area contributed by atoms with Crippen molar-refractivity contribution in [3.05, 3.63) is 77.9 Å². The van der Waals surface area contributed by atoms with Crippen molar-refractivity contribution in [3.8, 4) is 16.9 Å². The number of ether oxygens (including phenoxy) is 2. The van der Waals surface area contributed by atoms with Gasteiger partial charge >= 0.3 is 5.97 Å². The van der Waals surface area contributed by atoms with Crippen LogP contribution < -0.4 is 4.74 Å². The largest absolute Gasteiger partial charge is 0.491 e. The standard InChI is InChI=1S/C26H27N3O4/c1-26(2,3)33-24(30)15-18-5-7-19(8-6-18)20-9-10-22-21(16-20)25(31)29(13-14-32-22)17-23-27-11-4-12-28-23/h4-12,16H,13-15,17H2,1-3H3. The Labute approximate surface area is 193 Å². The molecule has 0 aliphatic carbocycles. The molecule has 0 spiro atoms. The number of aromatic nitrogens is 2. The van der Waals surface area contributed by atoms with Crippen LogP contribution in [0.2, 0.25) is 0 Å². The lowest BCUT2D eigenvalue weighted by atomic mass is 10.00. The summed E-state index contributed by atoms with van der Waals surface area (Å²) >= 11 is 0. The lowest BCUT2D eigenvalue weighted by Crippen LogP contribution is -2.32. The average molecular weight is 446 g/mol. The van der Waals surface area contributed by atoms with Gasteiger partial charge in [0.25, 0.3) is 5.91 Å². The van der Waals surface area contributed by atoms with E-state index in [1.807, 2.05) is 63.2 Å². The van der Waals surface area contributed by atoms with E-state index in [2.05, 4.69) is 9.97 Å². The molecule has 1 aliphatic heterocycles. The molecular formula is C26H27N3O4. The van der Waals surface area contributed by atoms with Gasteiger partial charge in [-0.15, -0.1) is 0 Å². The first-order valence-corrected chi connectivity index (χ1v) is 10.9. The Morgan fingerprint density at radius 2 is 1.76 bits per heavy atom. The van der Waals surface area contributed by atoms with Crippen LogP contribution in [0.25, 0.3) is 11.1 Å². The fourth-order valence-electron chi connectivity index (χ4n) is 3.63. The molecule has 0 saturated carbocycles. The van der Waals surface area contributed by atoms with Gasteiger partial charge in [-0.05, 0) is 55.7 Å². The molecule has 1 aliphatic rings. The van der Waals surface area contributed by atoms with Gasteiger partial charge in [0.15, 0.2) is 0 Å². The Morgan fingerprint density at radius 1 is 1.06 bits per heavy atom. The van der Waals surface area contributed by atoms with Crippen molar-refractivity contribution in [2.75, 3.05) is 13.2 Å². The maximum absolute atomic E-state index is 13.3. The third-order valence-corrected chi connectivity index (χ3v) is 5.12. The third kappa shape index (κ3) is 5.74. The van der Waals surface area contributed by atoms with E-state index < -0.39 is 5.60 Å². The van der Waals surface area contributed by atoms with Gasteiger partial charge in [-0.3, -0.25) is 9.59 Å². The zero-order valence-corrected chi connectivity index (χ0v) is 19.1. The van der Waals surface area contributed by atoms with Crippen molar-refractivity contribution in [1.82, 2.24) is 14.9 Å². The summed E-state index contributed by atoms with van der Waals surface area (Å²) in [6.45, 7) is 6.75. The van der Waals surface area contributed by atoms with E-state index in [4.69, 9.17) is 9.47 Å². The minimum atomic E-state index is -0.506. The Hall–Kier alpha value is -3.74. The number of hydrogen-bond acceptors (Lipinski definition) is 6. The van der Waals surface area contributed by atoms with Crippen LogP contribution in [0.3, 0.4) is 0 Å². The lowest BCUT2D eigenvalue weighted by Gasteiger charge is -2.19. The summed E-state index contributed by atoms with van der Waals surface area (Å²) in [5.74, 6) is 0.789. The van der Waals surface area contributed by atoms with Crippen LogP contribution in [-0.2, 0) is 22.5 Å². The molecule has 0 atom stereocenters. The molecule has 0 fully saturated rings. The summed E-state index contributed by atoms with van der Waals surface area (Å²) in [6, 6.07) is 15.1. The van der Waals surface area contributed by atoms with Crippen molar-refractivity contribution in [2.45, 2.75) is 39.3 Å². The van der Waals surface area contributed by atoms with Gasteiger partial charge in [0.1, 0.15) is 23.8 Å². The highest BCUT2D eigenvalue weighted by molar-refractivity contribution is 5.98. The molecule has 33 heavy (non-hydrogen) atoms. The molecule has 0 N–H and O–H groups in total. The first-order chi connectivity index (χ1) is 15.8. The number of nitrogens with zero attached hydrogens (tertiary/aromatic N) is 3. The number of fused-ring (bicyclic) bond motifs is 1. The molecular weight excluding hydrogens is 418 g/mol. The molecule has 1 aromatic heterocycles. The van der Waals surface area contributed by atoms with Crippen molar-refractivity contribution < 1.29 is 19.1 Å². The Morgan fingerprint density at radius 3 is 2.45 bits per heavy atom. The fraction of sp³-hybridized carbons (Fsp3) is 0.308.